The van der Waals surface area contributed by atoms with Gasteiger partial charge in [-0.25, -0.2) is 4.39 Å². The fourth-order valence-corrected chi connectivity index (χ4v) is 2.11. The van der Waals surface area contributed by atoms with Crippen molar-refractivity contribution in [1.29, 1.82) is 0 Å². The third-order valence-corrected chi connectivity index (χ3v) is 3.02. The molecule has 1 aromatic heterocycles. The maximum atomic E-state index is 14.0. The van der Waals surface area contributed by atoms with Crippen molar-refractivity contribution in [3.8, 4) is 11.8 Å². The SMILES string of the molecule is CN(Cc1cnn(C)c1)Cc1ccc(C#CCO)cc1F. The molecule has 0 bridgehead atoms. The number of aliphatic hydroxyl groups is 1. The fraction of sp³-hybridized carbons (Fsp3) is 0.312. The molecule has 110 valence electrons. The van der Waals surface area contributed by atoms with E-state index < -0.39 is 0 Å². The van der Waals surface area contributed by atoms with Crippen LogP contribution in [0.2, 0.25) is 0 Å². The molecule has 0 atom stereocenters. The van der Waals surface area contributed by atoms with E-state index in [0.717, 1.165) is 5.56 Å². The van der Waals surface area contributed by atoms with Gasteiger partial charge in [0.25, 0.3) is 0 Å². The Kier molecular flexibility index (Phi) is 5.09. The first kappa shape index (κ1) is 15.2. The summed E-state index contributed by atoms with van der Waals surface area (Å²) < 4.78 is 15.8. The highest BCUT2D eigenvalue weighted by Crippen LogP contribution is 2.13. The lowest BCUT2D eigenvalue weighted by Crippen LogP contribution is -2.17. The zero-order valence-corrected chi connectivity index (χ0v) is 12.2. The van der Waals surface area contributed by atoms with Gasteiger partial charge in [-0.05, 0) is 19.2 Å². The van der Waals surface area contributed by atoms with Gasteiger partial charge in [0.05, 0.1) is 6.20 Å². The number of halogens is 1. The Morgan fingerprint density at radius 2 is 2.19 bits per heavy atom. The van der Waals surface area contributed by atoms with Crippen LogP contribution >= 0.6 is 0 Å². The number of nitrogens with zero attached hydrogens (tertiary/aromatic N) is 3. The number of aryl methyl sites for hydroxylation is 1. The lowest BCUT2D eigenvalue weighted by Gasteiger charge is -2.16. The van der Waals surface area contributed by atoms with Gasteiger partial charge in [-0.3, -0.25) is 9.58 Å². The minimum atomic E-state index is -0.280. The molecule has 0 amide bonds. The Bertz CT molecular complexity index is 670. The number of aliphatic hydroxyl groups excluding tert-OH is 1. The number of hydrogen-bond donors (Lipinski definition) is 1. The lowest BCUT2D eigenvalue weighted by atomic mass is 10.1. The molecule has 0 saturated heterocycles. The van der Waals surface area contributed by atoms with Crippen LogP contribution in [0.25, 0.3) is 0 Å². The predicted octanol–water partition coefficient (Wildman–Crippen LogP) is 1.53. The van der Waals surface area contributed by atoms with Crippen molar-refractivity contribution in [2.75, 3.05) is 13.7 Å². The average molecular weight is 287 g/mol. The molecule has 1 N–H and O–H groups in total. The summed E-state index contributed by atoms with van der Waals surface area (Å²) in [4.78, 5) is 2.02. The second-order valence-corrected chi connectivity index (χ2v) is 4.96. The van der Waals surface area contributed by atoms with Crippen LogP contribution in [0.5, 0.6) is 0 Å². The summed E-state index contributed by atoms with van der Waals surface area (Å²) in [6, 6.07) is 4.89. The fourth-order valence-electron chi connectivity index (χ4n) is 2.11. The first-order valence-corrected chi connectivity index (χ1v) is 6.62. The summed E-state index contributed by atoms with van der Waals surface area (Å²) >= 11 is 0. The number of rotatable bonds is 4. The van der Waals surface area contributed by atoms with Gasteiger partial charge in [0, 0.05) is 43.0 Å². The summed E-state index contributed by atoms with van der Waals surface area (Å²) in [5.74, 6) is 4.92. The molecule has 0 unspecified atom stereocenters. The topological polar surface area (TPSA) is 41.3 Å². The van der Waals surface area contributed by atoms with Crippen LogP contribution in [0.15, 0.2) is 30.6 Å². The van der Waals surface area contributed by atoms with Crippen molar-refractivity contribution < 1.29 is 9.50 Å². The third kappa shape index (κ3) is 4.42. The molecule has 2 rings (SSSR count). The normalized spacial score (nSPS) is 10.5. The molecular formula is C16H18FN3O. The van der Waals surface area contributed by atoms with Crippen LogP contribution in [0.4, 0.5) is 4.39 Å². The van der Waals surface area contributed by atoms with E-state index in [1.165, 1.54) is 6.07 Å². The Morgan fingerprint density at radius 1 is 1.38 bits per heavy atom. The van der Waals surface area contributed by atoms with Crippen LogP contribution in [0, 0.1) is 17.7 Å². The second-order valence-electron chi connectivity index (χ2n) is 4.96. The number of hydrogen-bond acceptors (Lipinski definition) is 3. The molecule has 0 fully saturated rings. The summed E-state index contributed by atoms with van der Waals surface area (Å²) in [7, 11) is 3.81. The maximum Gasteiger partial charge on any atom is 0.128 e. The zero-order valence-electron chi connectivity index (χ0n) is 12.2. The summed E-state index contributed by atoms with van der Waals surface area (Å²) in [5, 5.41) is 12.7. The highest BCUT2D eigenvalue weighted by atomic mass is 19.1. The van der Waals surface area contributed by atoms with Crippen molar-refractivity contribution in [2.45, 2.75) is 13.1 Å². The van der Waals surface area contributed by atoms with E-state index in [1.54, 1.807) is 23.0 Å². The monoisotopic (exact) mass is 287 g/mol. The Morgan fingerprint density at radius 3 is 2.81 bits per heavy atom. The van der Waals surface area contributed by atoms with E-state index >= 15 is 0 Å². The molecule has 2 aromatic rings. The van der Waals surface area contributed by atoms with Gasteiger partial charge < -0.3 is 5.11 Å². The van der Waals surface area contributed by atoms with Crippen LogP contribution in [-0.2, 0) is 20.1 Å². The maximum absolute atomic E-state index is 14.0. The molecular weight excluding hydrogens is 269 g/mol. The minimum absolute atomic E-state index is 0.225. The second kappa shape index (κ2) is 7.02. The van der Waals surface area contributed by atoms with Crippen LogP contribution in [-0.4, -0.2) is 33.4 Å². The third-order valence-electron chi connectivity index (χ3n) is 3.02. The Hall–Kier alpha value is -2.16. The van der Waals surface area contributed by atoms with Crippen molar-refractivity contribution in [3.63, 3.8) is 0 Å². The van der Waals surface area contributed by atoms with Crippen molar-refractivity contribution >= 4 is 0 Å². The summed E-state index contributed by atoms with van der Waals surface area (Å²) in [5.41, 5.74) is 2.28. The van der Waals surface area contributed by atoms with E-state index in [9.17, 15) is 4.39 Å². The number of aromatic nitrogens is 2. The zero-order chi connectivity index (χ0) is 15.2. The molecule has 0 aliphatic carbocycles. The smallest absolute Gasteiger partial charge is 0.128 e. The molecule has 5 heteroatoms. The first-order valence-electron chi connectivity index (χ1n) is 6.62. The summed E-state index contributed by atoms with van der Waals surface area (Å²) in [6.45, 7) is 0.991. The standard InChI is InChI=1S/C16H18FN3O/c1-19(10-14-9-18-20(2)11-14)12-15-6-5-13(4-3-7-21)8-16(15)17/h5-6,8-9,11,21H,7,10,12H2,1-2H3. The van der Waals surface area contributed by atoms with E-state index in [1.807, 2.05) is 25.2 Å². The van der Waals surface area contributed by atoms with Gasteiger partial charge in [-0.2, -0.15) is 5.10 Å². The van der Waals surface area contributed by atoms with Gasteiger partial charge in [0.1, 0.15) is 12.4 Å². The molecule has 0 aliphatic rings. The van der Waals surface area contributed by atoms with E-state index in [0.29, 0.717) is 24.2 Å². The minimum Gasteiger partial charge on any atom is -0.384 e. The van der Waals surface area contributed by atoms with E-state index in [2.05, 4.69) is 16.9 Å². The number of benzene rings is 1. The van der Waals surface area contributed by atoms with Crippen LogP contribution in [0.1, 0.15) is 16.7 Å². The first-order chi connectivity index (χ1) is 10.1. The lowest BCUT2D eigenvalue weighted by molar-refractivity contribution is 0.313. The summed E-state index contributed by atoms with van der Waals surface area (Å²) in [6.07, 6.45) is 3.75. The van der Waals surface area contributed by atoms with Gasteiger partial charge in [-0.1, -0.05) is 17.9 Å². The molecule has 0 radical (unpaired) electrons. The van der Waals surface area contributed by atoms with Crippen molar-refractivity contribution in [3.05, 3.63) is 53.1 Å². The Labute approximate surface area is 123 Å². The van der Waals surface area contributed by atoms with Crippen molar-refractivity contribution in [1.82, 2.24) is 14.7 Å². The predicted molar refractivity (Wildman–Crippen MR) is 78.7 cm³/mol. The molecule has 0 spiro atoms. The molecule has 0 saturated carbocycles. The molecule has 0 aliphatic heterocycles. The molecule has 1 heterocycles. The van der Waals surface area contributed by atoms with E-state index in [4.69, 9.17) is 5.11 Å². The van der Waals surface area contributed by atoms with Crippen molar-refractivity contribution in [2.24, 2.45) is 7.05 Å². The highest BCUT2D eigenvalue weighted by molar-refractivity contribution is 5.37. The van der Waals surface area contributed by atoms with E-state index in [-0.39, 0.29) is 12.4 Å². The molecule has 21 heavy (non-hydrogen) atoms. The van der Waals surface area contributed by atoms with Gasteiger partial charge in [-0.15, -0.1) is 0 Å². The van der Waals surface area contributed by atoms with Gasteiger partial charge in [0.15, 0.2) is 0 Å². The largest absolute Gasteiger partial charge is 0.384 e. The molecule has 1 aromatic carbocycles. The quantitative estimate of drug-likeness (QED) is 0.867. The van der Waals surface area contributed by atoms with Gasteiger partial charge in [0.2, 0.25) is 0 Å². The van der Waals surface area contributed by atoms with Gasteiger partial charge >= 0.3 is 0 Å². The Balaban J connectivity index is 2.02. The average Bonchev–Trinajstić information content (AvgIpc) is 2.84. The van der Waals surface area contributed by atoms with Crippen LogP contribution < -0.4 is 0 Å². The highest BCUT2D eigenvalue weighted by Gasteiger charge is 2.08. The molecule has 4 nitrogen and oxygen atoms in total. The van der Waals surface area contributed by atoms with Crippen LogP contribution in [0.3, 0.4) is 0 Å².